The molecule has 0 saturated heterocycles. The second-order valence-electron chi connectivity index (χ2n) is 6.70. The third-order valence-electron chi connectivity index (χ3n) is 4.81. The molecule has 0 saturated carbocycles. The van der Waals surface area contributed by atoms with Crippen molar-refractivity contribution in [3.05, 3.63) is 99.6 Å². The lowest BCUT2D eigenvalue weighted by atomic mass is 10.1. The lowest BCUT2D eigenvalue weighted by Gasteiger charge is -2.14. The van der Waals surface area contributed by atoms with Gasteiger partial charge in [0.2, 0.25) is 0 Å². The van der Waals surface area contributed by atoms with Gasteiger partial charge in [0.05, 0.1) is 16.6 Å². The van der Waals surface area contributed by atoms with Gasteiger partial charge in [0.25, 0.3) is 5.56 Å². The van der Waals surface area contributed by atoms with E-state index in [1.807, 2.05) is 56.3 Å². The van der Waals surface area contributed by atoms with E-state index in [1.54, 1.807) is 22.8 Å². The van der Waals surface area contributed by atoms with E-state index >= 15 is 0 Å². The molecule has 4 rings (SSSR count). The summed E-state index contributed by atoms with van der Waals surface area (Å²) in [5.41, 5.74) is 4.13. The maximum atomic E-state index is 14.0. The number of aromatic nitrogens is 2. The fourth-order valence-corrected chi connectivity index (χ4v) is 4.06. The molecule has 3 aromatic carbocycles. The summed E-state index contributed by atoms with van der Waals surface area (Å²) in [4.78, 5) is 18.0. The quantitative estimate of drug-likeness (QED) is 0.344. The van der Waals surface area contributed by atoms with Gasteiger partial charge in [-0.1, -0.05) is 48.2 Å². The fourth-order valence-electron chi connectivity index (χ4n) is 3.06. The van der Waals surface area contributed by atoms with Crippen LogP contribution in [0.5, 0.6) is 0 Å². The molecule has 0 N–H and O–H groups in total. The minimum atomic E-state index is -0.254. The highest BCUT2D eigenvalue weighted by Crippen LogP contribution is 2.26. The maximum absolute atomic E-state index is 14.0. The first-order valence-corrected chi connectivity index (χ1v) is 9.99. The van der Waals surface area contributed by atoms with E-state index in [1.165, 1.54) is 17.8 Å². The van der Waals surface area contributed by atoms with Crippen molar-refractivity contribution < 1.29 is 4.39 Å². The molecule has 140 valence electrons. The summed E-state index contributed by atoms with van der Waals surface area (Å²) in [5, 5.41) is 1.12. The number of nitrogens with zero attached hydrogens (tertiary/aromatic N) is 2. The molecule has 0 unspecified atom stereocenters. The van der Waals surface area contributed by atoms with E-state index in [0.29, 0.717) is 27.4 Å². The molecule has 0 spiro atoms. The van der Waals surface area contributed by atoms with Crippen molar-refractivity contribution in [3.8, 4) is 5.69 Å². The van der Waals surface area contributed by atoms with Gasteiger partial charge in [-0.25, -0.2) is 9.37 Å². The molecule has 3 nitrogen and oxygen atoms in total. The predicted octanol–water partition coefficient (Wildman–Crippen LogP) is 5.43. The number of hydrogen-bond donors (Lipinski definition) is 0. The first-order chi connectivity index (χ1) is 13.5. The molecule has 5 heteroatoms. The van der Waals surface area contributed by atoms with Crippen LogP contribution < -0.4 is 5.56 Å². The highest BCUT2D eigenvalue weighted by Gasteiger charge is 2.14. The van der Waals surface area contributed by atoms with Crippen LogP contribution in [-0.2, 0) is 5.75 Å². The Morgan fingerprint density at radius 3 is 2.50 bits per heavy atom. The summed E-state index contributed by atoms with van der Waals surface area (Å²) in [6.45, 7) is 4.05. The SMILES string of the molecule is Cc1ccc(-n2c(SCc3ccccc3F)nc3ccccc3c2=O)cc1C. The molecular weight excluding hydrogens is 371 g/mol. The molecule has 0 radical (unpaired) electrons. The standard InChI is InChI=1S/C23H19FN2OS/c1-15-11-12-18(13-16(15)2)26-22(27)19-8-4-6-10-21(19)25-23(26)28-14-17-7-3-5-9-20(17)24/h3-13H,14H2,1-2H3. The molecule has 0 bridgehead atoms. The lowest BCUT2D eigenvalue weighted by Crippen LogP contribution is -2.22. The highest BCUT2D eigenvalue weighted by molar-refractivity contribution is 7.98. The van der Waals surface area contributed by atoms with E-state index in [2.05, 4.69) is 0 Å². The number of benzene rings is 3. The van der Waals surface area contributed by atoms with E-state index in [4.69, 9.17) is 4.98 Å². The number of halogens is 1. The molecule has 1 heterocycles. The molecule has 0 atom stereocenters. The number of hydrogen-bond acceptors (Lipinski definition) is 3. The molecule has 0 amide bonds. The topological polar surface area (TPSA) is 34.9 Å². The third-order valence-corrected chi connectivity index (χ3v) is 5.80. The molecule has 28 heavy (non-hydrogen) atoms. The maximum Gasteiger partial charge on any atom is 0.266 e. The van der Waals surface area contributed by atoms with Crippen molar-refractivity contribution in [2.75, 3.05) is 0 Å². The van der Waals surface area contributed by atoms with Gasteiger partial charge < -0.3 is 0 Å². The van der Waals surface area contributed by atoms with Crippen LogP contribution in [0.25, 0.3) is 16.6 Å². The third kappa shape index (κ3) is 3.45. The number of fused-ring (bicyclic) bond motifs is 1. The lowest BCUT2D eigenvalue weighted by molar-refractivity contribution is 0.617. The van der Waals surface area contributed by atoms with Gasteiger partial charge in [0.1, 0.15) is 5.82 Å². The number of rotatable bonds is 4. The summed E-state index contributed by atoms with van der Waals surface area (Å²) in [7, 11) is 0. The Kier molecular flexibility index (Phi) is 5.01. The van der Waals surface area contributed by atoms with Gasteiger partial charge in [0, 0.05) is 5.75 Å². The van der Waals surface area contributed by atoms with Crippen molar-refractivity contribution >= 4 is 22.7 Å². The second-order valence-corrected chi connectivity index (χ2v) is 7.64. The Bertz CT molecular complexity index is 1230. The van der Waals surface area contributed by atoms with Gasteiger partial charge >= 0.3 is 0 Å². The molecule has 0 aliphatic rings. The van der Waals surface area contributed by atoms with Crippen molar-refractivity contribution in [2.45, 2.75) is 24.8 Å². The van der Waals surface area contributed by atoms with Crippen molar-refractivity contribution in [3.63, 3.8) is 0 Å². The average Bonchev–Trinajstić information content (AvgIpc) is 2.70. The predicted molar refractivity (Wildman–Crippen MR) is 113 cm³/mol. The summed E-state index contributed by atoms with van der Waals surface area (Å²) in [5.74, 6) is 0.137. The van der Waals surface area contributed by atoms with Crippen LogP contribution in [0, 0.1) is 19.7 Å². The Morgan fingerprint density at radius 2 is 1.71 bits per heavy atom. The van der Waals surface area contributed by atoms with Crippen molar-refractivity contribution in [1.82, 2.24) is 9.55 Å². The molecule has 0 fully saturated rings. The van der Waals surface area contributed by atoms with Crippen LogP contribution in [-0.4, -0.2) is 9.55 Å². The molecule has 0 aliphatic heterocycles. The summed E-state index contributed by atoms with van der Waals surface area (Å²) in [6, 6.07) is 19.9. The largest absolute Gasteiger partial charge is 0.268 e. The van der Waals surface area contributed by atoms with Gasteiger partial charge in [-0.05, 0) is 60.9 Å². The molecule has 0 aliphatic carbocycles. The van der Waals surface area contributed by atoms with Crippen LogP contribution in [0.2, 0.25) is 0 Å². The fraction of sp³-hybridized carbons (Fsp3) is 0.130. The first-order valence-electron chi connectivity index (χ1n) is 9.00. The van der Waals surface area contributed by atoms with E-state index in [0.717, 1.165) is 16.8 Å². The van der Waals surface area contributed by atoms with Crippen LogP contribution in [0.15, 0.2) is 76.7 Å². The zero-order chi connectivity index (χ0) is 19.7. The second kappa shape index (κ2) is 7.60. The van der Waals surface area contributed by atoms with E-state index in [9.17, 15) is 9.18 Å². The number of aryl methyl sites for hydroxylation is 2. The van der Waals surface area contributed by atoms with Crippen LogP contribution >= 0.6 is 11.8 Å². The Balaban J connectivity index is 1.87. The highest BCUT2D eigenvalue weighted by atomic mass is 32.2. The van der Waals surface area contributed by atoms with Crippen LogP contribution in [0.4, 0.5) is 4.39 Å². The van der Waals surface area contributed by atoms with E-state index < -0.39 is 0 Å². The zero-order valence-electron chi connectivity index (χ0n) is 15.6. The Morgan fingerprint density at radius 1 is 0.964 bits per heavy atom. The average molecular weight is 390 g/mol. The van der Waals surface area contributed by atoms with Crippen LogP contribution in [0.1, 0.15) is 16.7 Å². The summed E-state index contributed by atoms with van der Waals surface area (Å²) in [6.07, 6.45) is 0. The smallest absolute Gasteiger partial charge is 0.266 e. The number of para-hydroxylation sites is 1. The van der Waals surface area contributed by atoms with Gasteiger partial charge in [-0.2, -0.15) is 0 Å². The molecular formula is C23H19FN2OS. The Labute approximate surface area is 166 Å². The minimum Gasteiger partial charge on any atom is -0.268 e. The van der Waals surface area contributed by atoms with Gasteiger partial charge in [0.15, 0.2) is 5.16 Å². The number of thioether (sulfide) groups is 1. The minimum absolute atomic E-state index is 0.120. The molecule has 4 aromatic rings. The van der Waals surface area contributed by atoms with Crippen molar-refractivity contribution in [2.24, 2.45) is 0 Å². The zero-order valence-corrected chi connectivity index (χ0v) is 16.5. The normalized spacial score (nSPS) is 11.1. The summed E-state index contributed by atoms with van der Waals surface area (Å²) >= 11 is 1.36. The van der Waals surface area contributed by atoms with Crippen molar-refractivity contribution in [1.29, 1.82) is 0 Å². The van der Waals surface area contributed by atoms with Gasteiger partial charge in [-0.3, -0.25) is 9.36 Å². The first kappa shape index (κ1) is 18.4. The van der Waals surface area contributed by atoms with Crippen LogP contribution in [0.3, 0.4) is 0 Å². The van der Waals surface area contributed by atoms with E-state index in [-0.39, 0.29) is 11.4 Å². The summed E-state index contributed by atoms with van der Waals surface area (Å²) < 4.78 is 15.7. The monoisotopic (exact) mass is 390 g/mol. The molecule has 1 aromatic heterocycles. The van der Waals surface area contributed by atoms with Gasteiger partial charge in [-0.15, -0.1) is 0 Å². The Hall–Kier alpha value is -2.92.